The Hall–Kier alpha value is -2.71. The minimum atomic E-state index is -0.112. The number of nitrogens with zero attached hydrogens (tertiary/aromatic N) is 4. The van der Waals surface area contributed by atoms with Gasteiger partial charge in [-0.15, -0.1) is 0 Å². The monoisotopic (exact) mass is 385 g/mol. The molecule has 0 spiro atoms. The summed E-state index contributed by atoms with van der Waals surface area (Å²) in [6, 6.07) is 11.4. The number of likely N-dealkylation sites (N-methyl/N-ethyl adjacent to an activating group) is 1. The van der Waals surface area contributed by atoms with Gasteiger partial charge in [-0.05, 0) is 26.0 Å². The number of aromatic nitrogens is 1. The summed E-state index contributed by atoms with van der Waals surface area (Å²) in [4.78, 5) is 30.9. The lowest BCUT2D eigenvalue weighted by Crippen LogP contribution is -2.51. The number of anilines is 2. The van der Waals surface area contributed by atoms with Gasteiger partial charge in [-0.25, -0.2) is 0 Å². The van der Waals surface area contributed by atoms with Crippen molar-refractivity contribution in [3.05, 3.63) is 42.2 Å². The Kier molecular flexibility index (Phi) is 6.78. The van der Waals surface area contributed by atoms with Gasteiger partial charge in [-0.2, -0.15) is 0 Å². The molecule has 1 aromatic carbocycles. The molecule has 150 valence electrons. The van der Waals surface area contributed by atoms with Crippen molar-refractivity contribution in [1.29, 1.82) is 0 Å². The van der Waals surface area contributed by atoms with E-state index in [2.05, 4.69) is 20.3 Å². The van der Waals surface area contributed by atoms with Crippen LogP contribution in [0.5, 0.6) is 0 Å². The molecule has 1 saturated heterocycles. The molecule has 0 radical (unpaired) electrons. The zero-order chi connectivity index (χ0) is 19.9. The molecule has 28 heavy (non-hydrogen) atoms. The highest BCUT2D eigenvalue weighted by Gasteiger charge is 2.23. The third-order valence-electron chi connectivity index (χ3n) is 4.77. The Morgan fingerprint density at radius 1 is 1.11 bits per heavy atom. The average molecular weight is 385 g/mol. The fourth-order valence-corrected chi connectivity index (χ4v) is 3.30. The van der Waals surface area contributed by atoms with E-state index in [1.807, 2.05) is 37.3 Å². The van der Waals surface area contributed by atoms with E-state index in [0.717, 1.165) is 31.9 Å². The van der Waals surface area contributed by atoms with Crippen molar-refractivity contribution in [3.8, 4) is 0 Å². The molecule has 0 bridgehead atoms. The second-order valence-electron chi connectivity index (χ2n) is 6.90. The smallest absolute Gasteiger partial charge is 0.241 e. The second kappa shape index (κ2) is 9.48. The number of carbonyl (C=O) groups is 2. The van der Waals surface area contributed by atoms with Crippen LogP contribution in [-0.4, -0.2) is 72.6 Å². The van der Waals surface area contributed by atoms with Gasteiger partial charge in [0, 0.05) is 44.5 Å². The summed E-state index contributed by atoms with van der Waals surface area (Å²) in [5, 5.41) is 6.50. The van der Waals surface area contributed by atoms with Crippen molar-refractivity contribution >= 4 is 23.3 Å². The fourth-order valence-electron chi connectivity index (χ4n) is 3.30. The van der Waals surface area contributed by atoms with Crippen molar-refractivity contribution in [2.24, 2.45) is 0 Å². The Morgan fingerprint density at radius 2 is 1.75 bits per heavy atom. The van der Waals surface area contributed by atoms with Gasteiger partial charge in [-0.3, -0.25) is 19.4 Å². The van der Waals surface area contributed by atoms with Crippen LogP contribution in [0.15, 0.2) is 40.9 Å². The van der Waals surface area contributed by atoms with Crippen LogP contribution in [0.25, 0.3) is 0 Å². The SMILES string of the molecule is CCN(C(=O)CN1CCN(CC(=O)Nc2cc(C)on2)CC1)c1ccccc1. The van der Waals surface area contributed by atoms with Crippen molar-refractivity contribution in [2.75, 3.05) is 56.0 Å². The molecular weight excluding hydrogens is 358 g/mol. The number of carbonyl (C=O) groups excluding carboxylic acids is 2. The Labute approximate surface area is 165 Å². The lowest BCUT2D eigenvalue weighted by atomic mass is 10.2. The van der Waals surface area contributed by atoms with Crippen LogP contribution in [0.4, 0.5) is 11.5 Å². The summed E-state index contributed by atoms with van der Waals surface area (Å²) >= 11 is 0. The number of rotatable bonds is 7. The molecule has 0 aliphatic carbocycles. The topological polar surface area (TPSA) is 81.9 Å². The average Bonchev–Trinajstić information content (AvgIpc) is 3.09. The summed E-state index contributed by atoms with van der Waals surface area (Å²) in [5.41, 5.74) is 0.924. The van der Waals surface area contributed by atoms with E-state index >= 15 is 0 Å². The Morgan fingerprint density at radius 3 is 2.32 bits per heavy atom. The summed E-state index contributed by atoms with van der Waals surface area (Å²) in [6.45, 7) is 8.11. The highest BCUT2D eigenvalue weighted by atomic mass is 16.5. The van der Waals surface area contributed by atoms with Gasteiger partial charge >= 0.3 is 0 Å². The van der Waals surface area contributed by atoms with Crippen molar-refractivity contribution in [1.82, 2.24) is 15.0 Å². The lowest BCUT2D eigenvalue weighted by molar-refractivity contribution is -0.121. The molecule has 1 aromatic heterocycles. The van der Waals surface area contributed by atoms with Crippen LogP contribution in [0.2, 0.25) is 0 Å². The van der Waals surface area contributed by atoms with E-state index in [9.17, 15) is 9.59 Å². The first kappa shape index (κ1) is 20.0. The van der Waals surface area contributed by atoms with Gasteiger partial charge in [0.05, 0.1) is 13.1 Å². The first-order valence-electron chi connectivity index (χ1n) is 9.58. The fraction of sp³-hybridized carbons (Fsp3) is 0.450. The molecule has 0 atom stereocenters. The van der Waals surface area contributed by atoms with Gasteiger partial charge in [-0.1, -0.05) is 23.4 Å². The highest BCUT2D eigenvalue weighted by molar-refractivity contribution is 5.94. The molecule has 8 heteroatoms. The zero-order valence-corrected chi connectivity index (χ0v) is 16.4. The van der Waals surface area contributed by atoms with Crippen molar-refractivity contribution in [2.45, 2.75) is 13.8 Å². The molecule has 2 amide bonds. The molecule has 0 saturated carbocycles. The van der Waals surface area contributed by atoms with Crippen LogP contribution in [0, 0.1) is 6.92 Å². The number of nitrogens with one attached hydrogen (secondary N) is 1. The summed E-state index contributed by atoms with van der Waals surface area (Å²) in [6.07, 6.45) is 0. The summed E-state index contributed by atoms with van der Waals surface area (Å²) in [5.74, 6) is 1.08. The van der Waals surface area contributed by atoms with Gasteiger partial charge in [0.1, 0.15) is 5.76 Å². The highest BCUT2D eigenvalue weighted by Crippen LogP contribution is 2.14. The van der Waals surface area contributed by atoms with Gasteiger partial charge < -0.3 is 14.7 Å². The third-order valence-corrected chi connectivity index (χ3v) is 4.77. The molecule has 1 aliphatic heterocycles. The van der Waals surface area contributed by atoms with E-state index in [1.165, 1.54) is 0 Å². The third kappa shape index (κ3) is 5.40. The normalized spacial score (nSPS) is 15.4. The van der Waals surface area contributed by atoms with E-state index in [-0.39, 0.29) is 11.8 Å². The van der Waals surface area contributed by atoms with E-state index in [1.54, 1.807) is 17.9 Å². The minimum absolute atomic E-state index is 0.0984. The largest absolute Gasteiger partial charge is 0.360 e. The molecular formula is C20H27N5O3. The maximum atomic E-state index is 12.7. The minimum Gasteiger partial charge on any atom is -0.360 e. The maximum absolute atomic E-state index is 12.7. The van der Waals surface area contributed by atoms with Gasteiger partial charge in [0.2, 0.25) is 11.8 Å². The Bertz CT molecular complexity index is 784. The molecule has 2 heterocycles. The number of para-hydroxylation sites is 1. The molecule has 2 aromatic rings. The van der Waals surface area contributed by atoms with E-state index in [4.69, 9.17) is 4.52 Å². The van der Waals surface area contributed by atoms with Crippen LogP contribution in [-0.2, 0) is 9.59 Å². The number of piperazine rings is 1. The number of hydrogen-bond donors (Lipinski definition) is 1. The predicted octanol–water partition coefficient (Wildman–Crippen LogP) is 1.59. The molecule has 1 aliphatic rings. The number of aryl methyl sites for hydroxylation is 1. The van der Waals surface area contributed by atoms with E-state index in [0.29, 0.717) is 31.2 Å². The van der Waals surface area contributed by atoms with Crippen LogP contribution in [0.3, 0.4) is 0 Å². The van der Waals surface area contributed by atoms with Crippen molar-refractivity contribution < 1.29 is 14.1 Å². The van der Waals surface area contributed by atoms with Crippen LogP contribution < -0.4 is 10.2 Å². The molecule has 8 nitrogen and oxygen atoms in total. The Balaban J connectivity index is 1.43. The first-order valence-corrected chi connectivity index (χ1v) is 9.58. The molecule has 3 rings (SSSR count). The quantitative estimate of drug-likeness (QED) is 0.780. The standard InChI is InChI=1S/C20H27N5O3/c1-3-25(17-7-5-4-6-8-17)20(27)15-24-11-9-23(10-12-24)14-19(26)21-18-13-16(2)28-22-18/h4-8,13H,3,9-12,14-15H2,1-2H3,(H,21,22,26). The second-order valence-corrected chi connectivity index (χ2v) is 6.90. The number of benzene rings is 1. The van der Waals surface area contributed by atoms with Gasteiger partial charge in [0.15, 0.2) is 5.82 Å². The molecule has 0 unspecified atom stereocenters. The van der Waals surface area contributed by atoms with Crippen molar-refractivity contribution in [3.63, 3.8) is 0 Å². The van der Waals surface area contributed by atoms with Crippen LogP contribution in [0.1, 0.15) is 12.7 Å². The van der Waals surface area contributed by atoms with Gasteiger partial charge in [0.25, 0.3) is 0 Å². The first-order chi connectivity index (χ1) is 13.5. The molecule has 1 N–H and O–H groups in total. The number of amides is 2. The summed E-state index contributed by atoms with van der Waals surface area (Å²) < 4.78 is 4.95. The maximum Gasteiger partial charge on any atom is 0.241 e. The lowest BCUT2D eigenvalue weighted by Gasteiger charge is -2.34. The summed E-state index contributed by atoms with van der Waals surface area (Å²) in [7, 11) is 0. The predicted molar refractivity (Wildman–Crippen MR) is 107 cm³/mol. The van der Waals surface area contributed by atoms with Crippen LogP contribution >= 0.6 is 0 Å². The van der Waals surface area contributed by atoms with E-state index < -0.39 is 0 Å². The number of hydrogen-bond acceptors (Lipinski definition) is 6. The molecule has 1 fully saturated rings. The zero-order valence-electron chi connectivity index (χ0n) is 16.4.